The van der Waals surface area contributed by atoms with E-state index in [2.05, 4.69) is 20.8 Å². The fourth-order valence-corrected chi connectivity index (χ4v) is 2.20. The number of hydrogen-bond donors (Lipinski definition) is 0. The number of aldehydes is 1. The lowest BCUT2D eigenvalue weighted by molar-refractivity contribution is 0.112. The summed E-state index contributed by atoms with van der Waals surface area (Å²) in [5.41, 5.74) is 2.15. The second-order valence-electron chi connectivity index (χ2n) is 3.56. The van der Waals surface area contributed by atoms with Crippen molar-refractivity contribution in [2.24, 2.45) is 5.92 Å². The second kappa shape index (κ2) is 4.56. The van der Waals surface area contributed by atoms with Crippen LogP contribution >= 0.6 is 11.3 Å². The number of carbonyl (C=O) groups excluding carboxylic acids is 1. The quantitative estimate of drug-likeness (QED) is 0.674. The summed E-state index contributed by atoms with van der Waals surface area (Å²) < 4.78 is 0. The zero-order chi connectivity index (χ0) is 9.84. The van der Waals surface area contributed by atoms with E-state index in [1.54, 1.807) is 11.3 Å². The van der Waals surface area contributed by atoms with Gasteiger partial charge in [-0.1, -0.05) is 20.3 Å². The smallest absolute Gasteiger partial charge is 0.151 e. The molecule has 0 amide bonds. The minimum absolute atomic E-state index is 0.673. The third kappa shape index (κ3) is 2.41. The van der Waals surface area contributed by atoms with Crippen LogP contribution in [0, 0.1) is 12.8 Å². The number of aryl methyl sites for hydroxylation is 1. The fraction of sp³-hybridized carbons (Fsp3) is 0.545. The molecule has 1 nitrogen and oxygen atoms in total. The maximum absolute atomic E-state index is 10.7. The van der Waals surface area contributed by atoms with Crippen molar-refractivity contribution in [1.82, 2.24) is 0 Å². The van der Waals surface area contributed by atoms with Gasteiger partial charge in [-0.15, -0.1) is 11.3 Å². The molecule has 0 bridgehead atoms. The van der Waals surface area contributed by atoms with E-state index < -0.39 is 0 Å². The summed E-state index contributed by atoms with van der Waals surface area (Å²) in [5.74, 6) is 0.673. The lowest BCUT2D eigenvalue weighted by Gasteiger charge is -2.08. The molecule has 0 radical (unpaired) electrons. The van der Waals surface area contributed by atoms with Crippen LogP contribution < -0.4 is 0 Å². The van der Waals surface area contributed by atoms with Crippen LogP contribution in [0.3, 0.4) is 0 Å². The summed E-state index contributed by atoms with van der Waals surface area (Å²) in [5, 5.41) is 1.96. The van der Waals surface area contributed by atoms with Gasteiger partial charge in [-0.05, 0) is 24.8 Å². The topological polar surface area (TPSA) is 17.1 Å². The first kappa shape index (κ1) is 10.5. The van der Waals surface area contributed by atoms with Gasteiger partial charge in [0.2, 0.25) is 0 Å². The standard InChI is InChI=1S/C11H16OS/c1-4-8(2)5-11-9(3)13-7-10(11)6-12/h6-8H,4-5H2,1-3H3. The van der Waals surface area contributed by atoms with Gasteiger partial charge >= 0.3 is 0 Å². The average Bonchev–Trinajstić information content (AvgIpc) is 2.48. The summed E-state index contributed by atoms with van der Waals surface area (Å²) in [6.45, 7) is 6.51. The van der Waals surface area contributed by atoms with Crippen molar-refractivity contribution in [3.05, 3.63) is 21.4 Å². The maximum atomic E-state index is 10.7. The van der Waals surface area contributed by atoms with Crippen LogP contribution in [0.25, 0.3) is 0 Å². The third-order valence-corrected chi connectivity index (χ3v) is 3.48. The minimum Gasteiger partial charge on any atom is -0.298 e. The van der Waals surface area contributed by atoms with Crippen molar-refractivity contribution in [2.45, 2.75) is 33.6 Å². The summed E-state index contributed by atoms with van der Waals surface area (Å²) in [6.07, 6.45) is 3.19. The zero-order valence-electron chi connectivity index (χ0n) is 8.46. The van der Waals surface area contributed by atoms with Crippen LogP contribution in [-0.4, -0.2) is 6.29 Å². The Morgan fingerprint density at radius 2 is 2.31 bits per heavy atom. The van der Waals surface area contributed by atoms with E-state index in [9.17, 15) is 4.79 Å². The van der Waals surface area contributed by atoms with Crippen LogP contribution in [-0.2, 0) is 6.42 Å². The van der Waals surface area contributed by atoms with Crippen LogP contribution in [0.1, 0.15) is 41.1 Å². The molecule has 1 aromatic rings. The number of carbonyl (C=O) groups is 1. The lowest BCUT2D eigenvalue weighted by Crippen LogP contribution is -2.00. The van der Waals surface area contributed by atoms with E-state index >= 15 is 0 Å². The first-order valence-corrected chi connectivity index (χ1v) is 5.59. The normalized spacial score (nSPS) is 12.8. The molecule has 13 heavy (non-hydrogen) atoms. The molecule has 0 N–H and O–H groups in total. The SMILES string of the molecule is CCC(C)Cc1c(C=O)csc1C. The monoisotopic (exact) mass is 196 g/mol. The fourth-order valence-electron chi connectivity index (χ4n) is 1.35. The first-order valence-electron chi connectivity index (χ1n) is 4.71. The van der Waals surface area contributed by atoms with Crippen molar-refractivity contribution in [2.75, 3.05) is 0 Å². The predicted molar refractivity (Wildman–Crippen MR) is 57.6 cm³/mol. The molecule has 1 aromatic heterocycles. The van der Waals surface area contributed by atoms with Crippen molar-refractivity contribution < 1.29 is 4.79 Å². The number of rotatable bonds is 4. The summed E-state index contributed by atoms with van der Waals surface area (Å²) in [4.78, 5) is 12.0. The van der Waals surface area contributed by atoms with E-state index in [0.717, 1.165) is 18.3 Å². The molecule has 0 saturated carbocycles. The van der Waals surface area contributed by atoms with Crippen LogP contribution in [0.4, 0.5) is 0 Å². The van der Waals surface area contributed by atoms with E-state index in [0.29, 0.717) is 5.92 Å². The summed E-state index contributed by atoms with van der Waals surface area (Å²) in [7, 11) is 0. The molecule has 1 rings (SSSR count). The maximum Gasteiger partial charge on any atom is 0.151 e. The number of hydrogen-bond acceptors (Lipinski definition) is 2. The molecule has 72 valence electrons. The van der Waals surface area contributed by atoms with Crippen molar-refractivity contribution in [3.8, 4) is 0 Å². The molecule has 0 aliphatic heterocycles. The van der Waals surface area contributed by atoms with E-state index in [4.69, 9.17) is 0 Å². The predicted octanol–water partition coefficient (Wildman–Crippen LogP) is 3.46. The van der Waals surface area contributed by atoms with Gasteiger partial charge in [0.05, 0.1) is 0 Å². The highest BCUT2D eigenvalue weighted by Crippen LogP contribution is 2.24. The van der Waals surface area contributed by atoms with Gasteiger partial charge in [0.15, 0.2) is 6.29 Å². The van der Waals surface area contributed by atoms with Gasteiger partial charge in [0, 0.05) is 15.8 Å². The van der Waals surface area contributed by atoms with Crippen molar-refractivity contribution in [3.63, 3.8) is 0 Å². The van der Waals surface area contributed by atoms with Gasteiger partial charge in [0.25, 0.3) is 0 Å². The Balaban J connectivity index is 2.85. The molecule has 1 unspecified atom stereocenters. The van der Waals surface area contributed by atoms with Gasteiger partial charge in [-0.25, -0.2) is 0 Å². The Labute approximate surface area is 83.8 Å². The molecule has 1 atom stereocenters. The zero-order valence-corrected chi connectivity index (χ0v) is 9.28. The molecule has 1 heterocycles. The Morgan fingerprint density at radius 1 is 1.62 bits per heavy atom. The molecular formula is C11H16OS. The van der Waals surface area contributed by atoms with Crippen molar-refractivity contribution >= 4 is 17.6 Å². The van der Waals surface area contributed by atoms with Crippen LogP contribution in [0.2, 0.25) is 0 Å². The number of thiophene rings is 1. The Morgan fingerprint density at radius 3 is 2.85 bits per heavy atom. The molecular weight excluding hydrogens is 180 g/mol. The molecule has 0 spiro atoms. The Bertz CT molecular complexity index is 288. The van der Waals surface area contributed by atoms with Gasteiger partial charge < -0.3 is 0 Å². The molecule has 0 aliphatic carbocycles. The van der Waals surface area contributed by atoms with Gasteiger partial charge in [0.1, 0.15) is 0 Å². The average molecular weight is 196 g/mol. The molecule has 0 saturated heterocycles. The molecule has 0 fully saturated rings. The molecule has 2 heteroatoms. The molecule has 0 aromatic carbocycles. The summed E-state index contributed by atoms with van der Waals surface area (Å²) in [6, 6.07) is 0. The van der Waals surface area contributed by atoms with Gasteiger partial charge in [-0.3, -0.25) is 4.79 Å². The van der Waals surface area contributed by atoms with Crippen LogP contribution in [0.5, 0.6) is 0 Å². The highest BCUT2D eigenvalue weighted by atomic mass is 32.1. The van der Waals surface area contributed by atoms with Crippen molar-refractivity contribution in [1.29, 1.82) is 0 Å². The first-order chi connectivity index (χ1) is 6.19. The highest BCUT2D eigenvalue weighted by Gasteiger charge is 2.10. The highest BCUT2D eigenvalue weighted by molar-refractivity contribution is 7.10. The minimum atomic E-state index is 0.673. The second-order valence-corrected chi connectivity index (χ2v) is 4.64. The molecule has 0 aliphatic rings. The third-order valence-electron chi connectivity index (χ3n) is 2.51. The van der Waals surface area contributed by atoms with E-state index in [1.807, 2.05) is 5.38 Å². The van der Waals surface area contributed by atoms with E-state index in [1.165, 1.54) is 16.9 Å². The largest absolute Gasteiger partial charge is 0.298 e. The Hall–Kier alpha value is -0.630. The summed E-state index contributed by atoms with van der Waals surface area (Å²) >= 11 is 1.68. The lowest BCUT2D eigenvalue weighted by atomic mass is 9.97. The van der Waals surface area contributed by atoms with E-state index in [-0.39, 0.29) is 0 Å². The van der Waals surface area contributed by atoms with Crippen LogP contribution in [0.15, 0.2) is 5.38 Å². The van der Waals surface area contributed by atoms with Gasteiger partial charge in [-0.2, -0.15) is 0 Å². The Kier molecular flexibility index (Phi) is 3.67.